The summed E-state index contributed by atoms with van der Waals surface area (Å²) in [4.78, 5) is 22.6. The van der Waals surface area contributed by atoms with Gasteiger partial charge < -0.3 is 10.6 Å². The summed E-state index contributed by atoms with van der Waals surface area (Å²) in [6.07, 6.45) is 3.92. The van der Waals surface area contributed by atoms with Crippen molar-refractivity contribution in [2.75, 3.05) is 13.1 Å². The number of hydrogen-bond donors (Lipinski definition) is 2. The van der Waals surface area contributed by atoms with E-state index in [2.05, 4.69) is 32.6 Å². The fourth-order valence-corrected chi connectivity index (χ4v) is 4.10. The molecule has 156 valence electrons. The second kappa shape index (κ2) is 10.9. The molecule has 0 fully saturated rings. The minimum atomic E-state index is 0. The summed E-state index contributed by atoms with van der Waals surface area (Å²) in [7, 11) is 0. The van der Waals surface area contributed by atoms with E-state index in [4.69, 9.17) is 0 Å². The van der Waals surface area contributed by atoms with Crippen LogP contribution in [0.3, 0.4) is 0 Å². The van der Waals surface area contributed by atoms with Gasteiger partial charge in [0.15, 0.2) is 5.96 Å². The molecule has 0 amide bonds. The summed E-state index contributed by atoms with van der Waals surface area (Å²) in [5.41, 5.74) is 1.08. The van der Waals surface area contributed by atoms with E-state index >= 15 is 0 Å². The summed E-state index contributed by atoms with van der Waals surface area (Å²) < 4.78 is 3.43. The first-order valence-electron chi connectivity index (χ1n) is 9.70. The van der Waals surface area contributed by atoms with Crippen LogP contribution < -0.4 is 16.3 Å². The van der Waals surface area contributed by atoms with Crippen LogP contribution in [0.25, 0.3) is 0 Å². The molecule has 0 radical (unpaired) electrons. The van der Waals surface area contributed by atoms with Gasteiger partial charge in [0, 0.05) is 37.5 Å². The van der Waals surface area contributed by atoms with Crippen molar-refractivity contribution in [1.82, 2.24) is 30.0 Å². The molecule has 0 aromatic carbocycles. The maximum Gasteiger partial charge on any atom is 0.345 e. The van der Waals surface area contributed by atoms with E-state index in [1.807, 2.05) is 18.4 Å². The van der Waals surface area contributed by atoms with Crippen molar-refractivity contribution in [1.29, 1.82) is 0 Å². The molecule has 2 aromatic heterocycles. The van der Waals surface area contributed by atoms with Crippen LogP contribution in [0.1, 0.15) is 47.6 Å². The van der Waals surface area contributed by atoms with Crippen molar-refractivity contribution in [3.05, 3.63) is 31.9 Å². The Morgan fingerprint density at radius 3 is 2.79 bits per heavy atom. The molecule has 2 aromatic rings. The Kier molecular flexibility index (Phi) is 8.93. The number of fused-ring (bicyclic) bond motifs is 1. The normalized spacial score (nSPS) is 13.8. The Morgan fingerprint density at radius 2 is 2.11 bits per heavy atom. The van der Waals surface area contributed by atoms with Gasteiger partial charge >= 0.3 is 5.69 Å². The predicted octanol–water partition coefficient (Wildman–Crippen LogP) is 2.22. The molecule has 1 aliphatic rings. The topological polar surface area (TPSA) is 89.1 Å². The van der Waals surface area contributed by atoms with Crippen LogP contribution in [-0.2, 0) is 26.1 Å². The summed E-state index contributed by atoms with van der Waals surface area (Å²) in [5, 5.41) is 12.2. The van der Waals surface area contributed by atoms with E-state index < -0.39 is 0 Å². The van der Waals surface area contributed by atoms with Gasteiger partial charge in [0.25, 0.3) is 0 Å². The predicted molar refractivity (Wildman–Crippen MR) is 124 cm³/mol. The molecule has 0 aliphatic carbocycles. The van der Waals surface area contributed by atoms with Gasteiger partial charge in [-0.15, -0.1) is 35.3 Å². The summed E-state index contributed by atoms with van der Waals surface area (Å²) in [6, 6.07) is 0. The molecule has 0 saturated carbocycles. The number of nitrogens with one attached hydrogen (secondary N) is 2. The van der Waals surface area contributed by atoms with Gasteiger partial charge in [-0.05, 0) is 40.0 Å². The first-order valence-corrected chi connectivity index (χ1v) is 10.5. The number of nitrogens with zero attached hydrogens (tertiary/aromatic N) is 5. The lowest BCUT2D eigenvalue weighted by molar-refractivity contribution is 0.509. The van der Waals surface area contributed by atoms with Crippen molar-refractivity contribution in [3.63, 3.8) is 0 Å². The summed E-state index contributed by atoms with van der Waals surface area (Å²) in [6.45, 7) is 9.69. The summed E-state index contributed by atoms with van der Waals surface area (Å²) >= 11 is 1.69. The van der Waals surface area contributed by atoms with Crippen molar-refractivity contribution >= 4 is 41.3 Å². The molecule has 3 rings (SSSR count). The SMILES string of the molecule is CCNC(=NCc1sc(C)nc1C)NCCCn1nc2n(c1=O)CCCC2.I. The van der Waals surface area contributed by atoms with Crippen molar-refractivity contribution in [2.24, 2.45) is 4.99 Å². The Hall–Kier alpha value is -1.43. The quantitative estimate of drug-likeness (QED) is 0.254. The lowest BCUT2D eigenvalue weighted by Crippen LogP contribution is -2.38. The zero-order chi connectivity index (χ0) is 19.2. The molecule has 0 bridgehead atoms. The second-order valence-corrected chi connectivity index (χ2v) is 8.04. The number of thiazole rings is 1. The number of guanidine groups is 1. The molecule has 28 heavy (non-hydrogen) atoms. The van der Waals surface area contributed by atoms with Crippen molar-refractivity contribution < 1.29 is 0 Å². The third-order valence-electron chi connectivity index (χ3n) is 4.60. The molecule has 8 nitrogen and oxygen atoms in total. The van der Waals surface area contributed by atoms with Gasteiger partial charge in [-0.25, -0.2) is 19.5 Å². The van der Waals surface area contributed by atoms with Crippen LogP contribution in [0.4, 0.5) is 0 Å². The van der Waals surface area contributed by atoms with Gasteiger partial charge in [0.2, 0.25) is 0 Å². The fourth-order valence-electron chi connectivity index (χ4n) is 3.24. The van der Waals surface area contributed by atoms with Crippen molar-refractivity contribution in [3.8, 4) is 0 Å². The molecule has 0 saturated heterocycles. The number of rotatable bonds is 7. The van der Waals surface area contributed by atoms with E-state index in [9.17, 15) is 4.79 Å². The highest BCUT2D eigenvalue weighted by Crippen LogP contribution is 2.17. The third-order valence-corrected chi connectivity index (χ3v) is 5.65. The molecule has 0 unspecified atom stereocenters. The average molecular weight is 519 g/mol. The van der Waals surface area contributed by atoms with E-state index in [0.29, 0.717) is 13.1 Å². The van der Waals surface area contributed by atoms with Crippen LogP contribution in [0.15, 0.2) is 9.79 Å². The largest absolute Gasteiger partial charge is 0.357 e. The molecule has 10 heteroatoms. The van der Waals surface area contributed by atoms with Crippen LogP contribution >= 0.6 is 35.3 Å². The Balaban J connectivity index is 0.00000280. The second-order valence-electron chi connectivity index (χ2n) is 6.75. The maximum absolute atomic E-state index is 12.3. The van der Waals surface area contributed by atoms with Gasteiger partial charge in [-0.2, -0.15) is 5.10 Å². The van der Waals surface area contributed by atoms with E-state index in [1.54, 1.807) is 16.0 Å². The minimum absolute atomic E-state index is 0. The lowest BCUT2D eigenvalue weighted by Gasteiger charge is -2.11. The molecule has 1 aliphatic heterocycles. The smallest absolute Gasteiger partial charge is 0.345 e. The zero-order valence-electron chi connectivity index (χ0n) is 16.8. The molecule has 3 heterocycles. The number of aryl methyl sites for hydroxylation is 4. The van der Waals surface area contributed by atoms with E-state index in [-0.39, 0.29) is 29.7 Å². The van der Waals surface area contributed by atoms with Gasteiger partial charge in [0.05, 0.1) is 17.2 Å². The Labute approximate surface area is 186 Å². The number of halogens is 1. The zero-order valence-corrected chi connectivity index (χ0v) is 20.0. The lowest BCUT2D eigenvalue weighted by atomic mass is 10.2. The fraction of sp³-hybridized carbons (Fsp3) is 0.667. The molecule has 0 spiro atoms. The molecular formula is C18H30IN7OS. The minimum Gasteiger partial charge on any atom is -0.357 e. The highest BCUT2D eigenvalue weighted by Gasteiger charge is 2.16. The molecular weight excluding hydrogens is 489 g/mol. The molecule has 2 N–H and O–H groups in total. The maximum atomic E-state index is 12.3. The number of hydrogen-bond acceptors (Lipinski definition) is 5. The van der Waals surface area contributed by atoms with Gasteiger partial charge in [0.1, 0.15) is 5.82 Å². The Morgan fingerprint density at radius 1 is 1.29 bits per heavy atom. The molecule has 0 atom stereocenters. The third kappa shape index (κ3) is 5.79. The van der Waals surface area contributed by atoms with E-state index in [0.717, 1.165) is 67.8 Å². The van der Waals surface area contributed by atoms with Crippen molar-refractivity contribution in [2.45, 2.75) is 66.1 Å². The highest BCUT2D eigenvalue weighted by atomic mass is 127. The number of aliphatic imine (C=N–C) groups is 1. The summed E-state index contributed by atoms with van der Waals surface area (Å²) in [5.74, 6) is 1.73. The first-order chi connectivity index (χ1) is 13.1. The number of aromatic nitrogens is 4. The standard InChI is InChI=1S/C18H29N7OS.HI/c1-4-19-17(21-12-15-13(2)22-14(3)27-15)20-9-7-11-25-18(26)24-10-6-5-8-16(24)23-25;/h4-12H2,1-3H3,(H2,19,20,21);1H. The Bertz CT molecular complexity index is 855. The monoisotopic (exact) mass is 519 g/mol. The van der Waals surface area contributed by atoms with Gasteiger partial charge in [-0.1, -0.05) is 0 Å². The highest BCUT2D eigenvalue weighted by molar-refractivity contribution is 14.0. The van der Waals surface area contributed by atoms with Gasteiger partial charge in [-0.3, -0.25) is 4.57 Å². The van der Waals surface area contributed by atoms with Crippen LogP contribution in [0.5, 0.6) is 0 Å². The first kappa shape index (κ1) is 22.9. The van der Waals surface area contributed by atoms with Crippen LogP contribution in [-0.4, -0.2) is 38.4 Å². The van der Waals surface area contributed by atoms with Crippen LogP contribution in [0, 0.1) is 13.8 Å². The average Bonchev–Trinajstić information content (AvgIpc) is 3.15. The van der Waals surface area contributed by atoms with E-state index in [1.165, 1.54) is 4.88 Å². The van der Waals surface area contributed by atoms with Crippen LogP contribution in [0.2, 0.25) is 0 Å².